The summed E-state index contributed by atoms with van der Waals surface area (Å²) in [6.45, 7) is 1.56. The monoisotopic (exact) mass is 364 g/mol. The Morgan fingerprint density at radius 1 is 1.30 bits per heavy atom. The van der Waals surface area contributed by atoms with Gasteiger partial charge in [-0.1, -0.05) is 0 Å². The average Bonchev–Trinajstić information content (AvgIpc) is 3.04. The molecule has 1 fully saturated rings. The van der Waals surface area contributed by atoms with E-state index in [4.69, 9.17) is 0 Å². The van der Waals surface area contributed by atoms with Gasteiger partial charge < -0.3 is 10.2 Å². The van der Waals surface area contributed by atoms with Crippen LogP contribution in [0.25, 0.3) is 0 Å². The molecule has 0 aromatic carbocycles. The maximum Gasteiger partial charge on any atom is 0.270 e. The lowest BCUT2D eigenvalue weighted by molar-refractivity contribution is 0.0920. The van der Waals surface area contributed by atoms with Crippen molar-refractivity contribution in [1.29, 1.82) is 5.26 Å². The summed E-state index contributed by atoms with van der Waals surface area (Å²) in [7, 11) is 1.86. The second-order valence-corrected chi connectivity index (χ2v) is 7.33. The second kappa shape index (κ2) is 7.39. The lowest BCUT2D eigenvalue weighted by atomic mass is 9.95. The molecule has 1 saturated heterocycles. The minimum absolute atomic E-state index is 0.0119. The number of rotatable bonds is 3. The first-order chi connectivity index (χ1) is 13.2. The molecule has 0 spiro atoms. The van der Waals surface area contributed by atoms with Crippen molar-refractivity contribution in [3.63, 3.8) is 0 Å². The maximum atomic E-state index is 12.9. The summed E-state index contributed by atoms with van der Waals surface area (Å²) in [5.41, 5.74) is 3.54. The molecular weight excluding hydrogens is 340 g/mol. The molecule has 0 unspecified atom stereocenters. The van der Waals surface area contributed by atoms with Gasteiger partial charge in [0, 0.05) is 37.9 Å². The fourth-order valence-electron chi connectivity index (χ4n) is 4.19. The van der Waals surface area contributed by atoms with Gasteiger partial charge in [0.15, 0.2) is 0 Å². The highest BCUT2D eigenvalue weighted by Gasteiger charge is 2.27. The van der Waals surface area contributed by atoms with Crippen LogP contribution in [-0.4, -0.2) is 39.8 Å². The highest BCUT2D eigenvalue weighted by atomic mass is 16.2. The molecule has 0 atom stereocenters. The van der Waals surface area contributed by atoms with E-state index >= 15 is 0 Å². The number of fused-ring (bicyclic) bond motifs is 1. The van der Waals surface area contributed by atoms with Gasteiger partial charge in [0.25, 0.3) is 5.91 Å². The van der Waals surface area contributed by atoms with E-state index in [2.05, 4.69) is 26.4 Å². The molecule has 3 heterocycles. The maximum absolute atomic E-state index is 12.9. The Hall–Kier alpha value is -2.88. The Kier molecular flexibility index (Phi) is 4.80. The smallest absolute Gasteiger partial charge is 0.270 e. The molecule has 1 amide bonds. The number of nitriles is 1. The summed E-state index contributed by atoms with van der Waals surface area (Å²) in [6.07, 6.45) is 7.60. The quantitative estimate of drug-likeness (QED) is 0.900. The van der Waals surface area contributed by atoms with Crippen molar-refractivity contribution in [3.05, 3.63) is 40.8 Å². The van der Waals surface area contributed by atoms with Crippen LogP contribution < -0.4 is 10.2 Å². The average molecular weight is 364 g/mol. The van der Waals surface area contributed by atoms with Gasteiger partial charge in [0.05, 0.1) is 11.3 Å². The molecule has 2 aromatic rings. The predicted octanol–water partition coefficient (Wildman–Crippen LogP) is 1.96. The van der Waals surface area contributed by atoms with Gasteiger partial charge in [0.2, 0.25) is 0 Å². The van der Waals surface area contributed by atoms with Crippen LogP contribution in [-0.2, 0) is 19.9 Å². The Balaban J connectivity index is 1.41. The molecule has 0 saturated carbocycles. The normalized spacial score (nSPS) is 17.3. The van der Waals surface area contributed by atoms with E-state index in [9.17, 15) is 10.1 Å². The fraction of sp³-hybridized carbons (Fsp3) is 0.500. The minimum atomic E-state index is -0.0119. The standard InChI is InChI=1S/C20H24N6O/c1-25-18(16-6-2-3-7-17(16)24-25)20(27)23-15-8-11-26(12-9-15)19-14(13-21)5-4-10-22-19/h4-5,10,15H,2-3,6-9,11-12H2,1H3,(H,23,27). The molecule has 4 rings (SSSR count). The highest BCUT2D eigenvalue weighted by Crippen LogP contribution is 2.25. The van der Waals surface area contributed by atoms with E-state index in [0.717, 1.165) is 74.4 Å². The summed E-state index contributed by atoms with van der Waals surface area (Å²) in [6, 6.07) is 5.92. The van der Waals surface area contributed by atoms with Gasteiger partial charge in [-0.3, -0.25) is 9.48 Å². The number of pyridine rings is 1. The van der Waals surface area contributed by atoms with Gasteiger partial charge in [0.1, 0.15) is 17.6 Å². The Labute approximate surface area is 159 Å². The van der Waals surface area contributed by atoms with Crippen molar-refractivity contribution in [2.45, 2.75) is 44.6 Å². The molecule has 7 nitrogen and oxygen atoms in total. The molecule has 0 bridgehead atoms. The summed E-state index contributed by atoms with van der Waals surface area (Å²) in [4.78, 5) is 19.4. The number of anilines is 1. The number of hydrogen-bond donors (Lipinski definition) is 1. The van der Waals surface area contributed by atoms with Gasteiger partial charge in [-0.15, -0.1) is 0 Å². The van der Waals surface area contributed by atoms with E-state index in [1.54, 1.807) is 23.0 Å². The number of carbonyl (C=O) groups excluding carboxylic acids is 1. The Bertz CT molecular complexity index is 888. The van der Waals surface area contributed by atoms with Crippen LogP contribution in [0.3, 0.4) is 0 Å². The predicted molar refractivity (Wildman–Crippen MR) is 102 cm³/mol. The van der Waals surface area contributed by atoms with Crippen LogP contribution in [0.4, 0.5) is 5.82 Å². The van der Waals surface area contributed by atoms with E-state index in [1.165, 1.54) is 0 Å². The van der Waals surface area contributed by atoms with E-state index in [1.807, 2.05) is 7.05 Å². The van der Waals surface area contributed by atoms with Crippen molar-refractivity contribution < 1.29 is 4.79 Å². The molecule has 7 heteroatoms. The minimum Gasteiger partial charge on any atom is -0.355 e. The van der Waals surface area contributed by atoms with Crippen LogP contribution in [0.2, 0.25) is 0 Å². The number of aromatic nitrogens is 3. The lowest BCUT2D eigenvalue weighted by Gasteiger charge is -2.33. The molecular formula is C20H24N6O. The third-order valence-electron chi connectivity index (χ3n) is 5.57. The Morgan fingerprint density at radius 3 is 2.85 bits per heavy atom. The number of nitrogens with zero attached hydrogens (tertiary/aromatic N) is 5. The summed E-state index contributed by atoms with van der Waals surface area (Å²) < 4.78 is 1.74. The number of carbonyl (C=O) groups is 1. The van der Waals surface area contributed by atoms with Crippen molar-refractivity contribution in [3.8, 4) is 6.07 Å². The third-order valence-corrected chi connectivity index (χ3v) is 5.57. The summed E-state index contributed by atoms with van der Waals surface area (Å²) >= 11 is 0. The number of nitrogens with one attached hydrogen (secondary N) is 1. The zero-order valence-electron chi connectivity index (χ0n) is 15.6. The second-order valence-electron chi connectivity index (χ2n) is 7.33. The van der Waals surface area contributed by atoms with Crippen LogP contribution in [0, 0.1) is 11.3 Å². The number of amides is 1. The zero-order valence-corrected chi connectivity index (χ0v) is 15.6. The van der Waals surface area contributed by atoms with E-state index in [-0.39, 0.29) is 11.9 Å². The number of aryl methyl sites for hydroxylation is 2. The molecule has 1 aliphatic heterocycles. The van der Waals surface area contributed by atoms with Gasteiger partial charge in [-0.2, -0.15) is 10.4 Å². The summed E-state index contributed by atoms with van der Waals surface area (Å²) in [5.74, 6) is 0.729. The number of piperidine rings is 1. The van der Waals surface area contributed by atoms with Crippen LogP contribution >= 0.6 is 0 Å². The van der Waals surface area contributed by atoms with E-state index in [0.29, 0.717) is 5.56 Å². The molecule has 27 heavy (non-hydrogen) atoms. The molecule has 2 aromatic heterocycles. The molecule has 1 N–H and O–H groups in total. The van der Waals surface area contributed by atoms with Crippen LogP contribution in [0.15, 0.2) is 18.3 Å². The van der Waals surface area contributed by atoms with Gasteiger partial charge in [-0.05, 0) is 50.7 Å². The molecule has 2 aliphatic rings. The van der Waals surface area contributed by atoms with Crippen molar-refractivity contribution in [2.75, 3.05) is 18.0 Å². The summed E-state index contributed by atoms with van der Waals surface area (Å²) in [5, 5.41) is 17.0. The first-order valence-electron chi connectivity index (χ1n) is 9.63. The SMILES string of the molecule is Cn1nc2c(c1C(=O)NC1CCN(c3ncccc3C#N)CC1)CCCC2. The van der Waals surface area contributed by atoms with Crippen molar-refractivity contribution in [2.24, 2.45) is 7.05 Å². The van der Waals surface area contributed by atoms with Crippen LogP contribution in [0.5, 0.6) is 0 Å². The zero-order chi connectivity index (χ0) is 18.8. The largest absolute Gasteiger partial charge is 0.355 e. The molecule has 1 aliphatic carbocycles. The van der Waals surface area contributed by atoms with Gasteiger partial charge >= 0.3 is 0 Å². The fourth-order valence-corrected chi connectivity index (χ4v) is 4.19. The molecule has 140 valence electrons. The third kappa shape index (κ3) is 3.39. The lowest BCUT2D eigenvalue weighted by Crippen LogP contribution is -2.45. The topological polar surface area (TPSA) is 86.8 Å². The van der Waals surface area contributed by atoms with Gasteiger partial charge in [-0.25, -0.2) is 4.98 Å². The first kappa shape index (κ1) is 17.5. The van der Waals surface area contributed by atoms with Crippen molar-refractivity contribution in [1.82, 2.24) is 20.1 Å². The Morgan fingerprint density at radius 2 is 2.07 bits per heavy atom. The van der Waals surface area contributed by atoms with Crippen LogP contribution in [0.1, 0.15) is 53.0 Å². The number of hydrogen-bond acceptors (Lipinski definition) is 5. The first-order valence-corrected chi connectivity index (χ1v) is 9.63. The molecule has 0 radical (unpaired) electrons. The van der Waals surface area contributed by atoms with E-state index < -0.39 is 0 Å². The van der Waals surface area contributed by atoms with Crippen molar-refractivity contribution >= 4 is 11.7 Å². The highest BCUT2D eigenvalue weighted by molar-refractivity contribution is 5.94.